The molecule has 1 N–H and O–H groups in total. The summed E-state index contributed by atoms with van der Waals surface area (Å²) in [6.45, 7) is 4.36. The summed E-state index contributed by atoms with van der Waals surface area (Å²) in [7, 11) is 1.64. The van der Waals surface area contributed by atoms with Crippen molar-refractivity contribution >= 4 is 23.4 Å². The Labute approximate surface area is 134 Å². The van der Waals surface area contributed by atoms with Crippen molar-refractivity contribution in [3.63, 3.8) is 0 Å². The SMILES string of the molecule is COCc1cccc(NC(=O)CSc2nc(C)cc(C)n2)c1. The highest BCUT2D eigenvalue weighted by Gasteiger charge is 2.07. The number of hydrogen-bond acceptors (Lipinski definition) is 5. The Hall–Kier alpha value is -1.92. The summed E-state index contributed by atoms with van der Waals surface area (Å²) in [6, 6.07) is 9.52. The first-order valence-electron chi connectivity index (χ1n) is 6.89. The average molecular weight is 317 g/mol. The van der Waals surface area contributed by atoms with Crippen molar-refractivity contribution in [2.75, 3.05) is 18.2 Å². The Morgan fingerprint density at radius 1 is 1.23 bits per heavy atom. The van der Waals surface area contributed by atoms with E-state index >= 15 is 0 Å². The maximum Gasteiger partial charge on any atom is 0.234 e. The van der Waals surface area contributed by atoms with E-state index in [4.69, 9.17) is 4.74 Å². The third-order valence-electron chi connectivity index (χ3n) is 2.82. The summed E-state index contributed by atoms with van der Waals surface area (Å²) in [5, 5.41) is 3.50. The van der Waals surface area contributed by atoms with Gasteiger partial charge in [-0.3, -0.25) is 4.79 Å². The molecule has 0 unspecified atom stereocenters. The Kier molecular flexibility index (Phi) is 5.91. The number of carbonyl (C=O) groups is 1. The highest BCUT2D eigenvalue weighted by atomic mass is 32.2. The summed E-state index contributed by atoms with van der Waals surface area (Å²) in [5.41, 5.74) is 3.59. The van der Waals surface area contributed by atoms with Crippen molar-refractivity contribution in [1.29, 1.82) is 0 Å². The molecule has 0 radical (unpaired) electrons. The van der Waals surface area contributed by atoms with E-state index in [0.717, 1.165) is 22.6 Å². The molecule has 2 aromatic rings. The van der Waals surface area contributed by atoms with Gasteiger partial charge in [-0.2, -0.15) is 0 Å². The number of thioether (sulfide) groups is 1. The third-order valence-corrected chi connectivity index (χ3v) is 3.66. The molecular weight excluding hydrogens is 298 g/mol. The minimum absolute atomic E-state index is 0.0812. The lowest BCUT2D eigenvalue weighted by Crippen LogP contribution is -2.14. The van der Waals surface area contributed by atoms with Gasteiger partial charge in [-0.05, 0) is 37.6 Å². The molecule has 0 saturated heterocycles. The molecular formula is C16H19N3O2S. The molecule has 0 saturated carbocycles. The van der Waals surface area contributed by atoms with E-state index < -0.39 is 0 Å². The van der Waals surface area contributed by atoms with Crippen LogP contribution >= 0.6 is 11.8 Å². The minimum Gasteiger partial charge on any atom is -0.380 e. The fraction of sp³-hybridized carbons (Fsp3) is 0.312. The second kappa shape index (κ2) is 7.91. The number of rotatable bonds is 6. The third kappa shape index (κ3) is 5.13. The maximum absolute atomic E-state index is 12.0. The molecule has 2 rings (SSSR count). The van der Waals surface area contributed by atoms with E-state index in [-0.39, 0.29) is 11.7 Å². The van der Waals surface area contributed by atoms with Crippen LogP contribution in [0.5, 0.6) is 0 Å². The highest BCUT2D eigenvalue weighted by Crippen LogP contribution is 2.16. The van der Waals surface area contributed by atoms with Crippen molar-refractivity contribution in [3.8, 4) is 0 Å². The van der Waals surface area contributed by atoms with Crippen LogP contribution in [0.2, 0.25) is 0 Å². The number of ether oxygens (including phenoxy) is 1. The lowest BCUT2D eigenvalue weighted by Gasteiger charge is -2.07. The zero-order valence-electron chi connectivity index (χ0n) is 12.9. The van der Waals surface area contributed by atoms with Crippen LogP contribution in [0.1, 0.15) is 17.0 Å². The zero-order valence-corrected chi connectivity index (χ0v) is 13.7. The topological polar surface area (TPSA) is 64.1 Å². The molecule has 0 aliphatic heterocycles. The molecule has 1 heterocycles. The number of methoxy groups -OCH3 is 1. The van der Waals surface area contributed by atoms with Crippen LogP contribution in [0, 0.1) is 13.8 Å². The van der Waals surface area contributed by atoms with Gasteiger partial charge in [0, 0.05) is 24.2 Å². The summed E-state index contributed by atoms with van der Waals surface area (Å²) in [6.07, 6.45) is 0. The predicted octanol–water partition coefficient (Wildman–Crippen LogP) is 2.97. The number of benzene rings is 1. The van der Waals surface area contributed by atoms with Crippen molar-refractivity contribution in [2.45, 2.75) is 25.6 Å². The first-order chi connectivity index (χ1) is 10.6. The lowest BCUT2D eigenvalue weighted by atomic mass is 10.2. The Morgan fingerprint density at radius 2 is 1.95 bits per heavy atom. The van der Waals surface area contributed by atoms with Crippen LogP contribution in [0.15, 0.2) is 35.5 Å². The average Bonchev–Trinajstić information content (AvgIpc) is 2.45. The van der Waals surface area contributed by atoms with Gasteiger partial charge in [-0.25, -0.2) is 9.97 Å². The molecule has 6 heteroatoms. The molecule has 0 atom stereocenters. The number of anilines is 1. The number of nitrogens with one attached hydrogen (secondary N) is 1. The van der Waals surface area contributed by atoms with E-state index in [1.165, 1.54) is 11.8 Å². The van der Waals surface area contributed by atoms with Gasteiger partial charge in [0.1, 0.15) is 0 Å². The predicted molar refractivity (Wildman–Crippen MR) is 88.0 cm³/mol. The Bertz CT molecular complexity index is 641. The summed E-state index contributed by atoms with van der Waals surface area (Å²) in [5.74, 6) is 0.194. The van der Waals surface area contributed by atoms with Gasteiger partial charge in [-0.15, -0.1) is 0 Å². The monoisotopic (exact) mass is 317 g/mol. The molecule has 116 valence electrons. The second-order valence-corrected chi connectivity index (χ2v) is 5.85. The fourth-order valence-electron chi connectivity index (χ4n) is 1.99. The molecule has 0 spiro atoms. The molecule has 0 fully saturated rings. The normalized spacial score (nSPS) is 10.5. The molecule has 22 heavy (non-hydrogen) atoms. The van der Waals surface area contributed by atoms with Gasteiger partial charge in [-0.1, -0.05) is 23.9 Å². The van der Waals surface area contributed by atoms with Crippen LogP contribution in [-0.4, -0.2) is 28.7 Å². The molecule has 0 aliphatic carbocycles. The van der Waals surface area contributed by atoms with Gasteiger partial charge in [0.05, 0.1) is 12.4 Å². The number of hydrogen-bond donors (Lipinski definition) is 1. The fourth-order valence-corrected chi connectivity index (χ4v) is 2.74. The Morgan fingerprint density at radius 3 is 2.64 bits per heavy atom. The van der Waals surface area contributed by atoms with Gasteiger partial charge >= 0.3 is 0 Å². The first-order valence-corrected chi connectivity index (χ1v) is 7.88. The molecule has 1 amide bonds. The standard InChI is InChI=1S/C16H19N3O2S/c1-11-7-12(2)18-16(17-11)22-10-15(20)19-14-6-4-5-13(8-14)9-21-3/h4-8H,9-10H2,1-3H3,(H,19,20). The van der Waals surface area contributed by atoms with Crippen molar-refractivity contribution in [3.05, 3.63) is 47.3 Å². The van der Waals surface area contributed by atoms with Crippen LogP contribution in [0.4, 0.5) is 5.69 Å². The number of carbonyl (C=O) groups excluding carboxylic acids is 1. The smallest absolute Gasteiger partial charge is 0.234 e. The summed E-state index contributed by atoms with van der Waals surface area (Å²) >= 11 is 1.33. The van der Waals surface area contributed by atoms with E-state index in [9.17, 15) is 4.79 Å². The van der Waals surface area contributed by atoms with E-state index in [1.54, 1.807) is 7.11 Å². The number of aryl methyl sites for hydroxylation is 2. The van der Waals surface area contributed by atoms with Gasteiger partial charge in [0.15, 0.2) is 5.16 Å². The molecule has 1 aromatic heterocycles. The number of aromatic nitrogens is 2. The van der Waals surface area contributed by atoms with Gasteiger partial charge in [0.2, 0.25) is 5.91 Å². The Balaban J connectivity index is 1.91. The highest BCUT2D eigenvalue weighted by molar-refractivity contribution is 7.99. The molecule has 0 bridgehead atoms. The number of amides is 1. The van der Waals surface area contributed by atoms with Gasteiger partial charge in [0.25, 0.3) is 0 Å². The summed E-state index contributed by atoms with van der Waals surface area (Å²) in [4.78, 5) is 20.6. The van der Waals surface area contributed by atoms with E-state index in [1.807, 2.05) is 44.2 Å². The largest absolute Gasteiger partial charge is 0.380 e. The van der Waals surface area contributed by atoms with Crippen molar-refractivity contribution in [1.82, 2.24) is 9.97 Å². The minimum atomic E-state index is -0.0812. The molecule has 1 aromatic carbocycles. The van der Waals surface area contributed by atoms with E-state index in [2.05, 4.69) is 15.3 Å². The van der Waals surface area contributed by atoms with E-state index in [0.29, 0.717) is 11.8 Å². The van der Waals surface area contributed by atoms with Crippen LogP contribution in [0.3, 0.4) is 0 Å². The van der Waals surface area contributed by atoms with Gasteiger partial charge < -0.3 is 10.1 Å². The van der Waals surface area contributed by atoms with Crippen LogP contribution in [-0.2, 0) is 16.1 Å². The molecule has 0 aliphatic rings. The molecule has 5 nitrogen and oxygen atoms in total. The van der Waals surface area contributed by atoms with Crippen LogP contribution < -0.4 is 5.32 Å². The van der Waals surface area contributed by atoms with Crippen molar-refractivity contribution in [2.24, 2.45) is 0 Å². The lowest BCUT2D eigenvalue weighted by molar-refractivity contribution is -0.113. The van der Waals surface area contributed by atoms with Crippen LogP contribution in [0.25, 0.3) is 0 Å². The second-order valence-electron chi connectivity index (χ2n) is 4.90. The summed E-state index contributed by atoms with van der Waals surface area (Å²) < 4.78 is 5.08. The zero-order chi connectivity index (χ0) is 15.9. The maximum atomic E-state index is 12.0. The number of nitrogens with zero attached hydrogens (tertiary/aromatic N) is 2. The first kappa shape index (κ1) is 16.5. The quantitative estimate of drug-likeness (QED) is 0.655. The van der Waals surface area contributed by atoms with Crippen molar-refractivity contribution < 1.29 is 9.53 Å².